The Bertz CT molecular complexity index is 632. The molecular weight excluding hydrogens is 254 g/mol. The Hall–Kier alpha value is -2.37. The van der Waals surface area contributed by atoms with Crippen LogP contribution in [0, 0.1) is 20.8 Å². The minimum atomic E-state index is -0.0505. The number of amides is 1. The number of benzene rings is 1. The summed E-state index contributed by atoms with van der Waals surface area (Å²) in [7, 11) is 0. The molecule has 0 spiro atoms. The first-order valence-corrected chi connectivity index (χ1v) is 6.50. The first-order valence-electron chi connectivity index (χ1n) is 6.50. The number of hydrogen-bond acceptors (Lipinski definition) is 4. The Kier molecular flexibility index (Phi) is 4.02. The Labute approximate surface area is 118 Å². The molecule has 0 saturated carbocycles. The zero-order chi connectivity index (χ0) is 14.7. The summed E-state index contributed by atoms with van der Waals surface area (Å²) >= 11 is 0. The van der Waals surface area contributed by atoms with E-state index in [1.165, 1.54) is 0 Å². The average molecular weight is 273 g/mol. The van der Waals surface area contributed by atoms with E-state index in [9.17, 15) is 4.79 Å². The predicted molar refractivity (Wildman–Crippen MR) is 78.3 cm³/mol. The van der Waals surface area contributed by atoms with Gasteiger partial charge in [-0.2, -0.15) is 5.10 Å². The maximum absolute atomic E-state index is 11.9. The van der Waals surface area contributed by atoms with Crippen molar-refractivity contribution < 1.29 is 4.79 Å². The summed E-state index contributed by atoms with van der Waals surface area (Å²) in [6, 6.07) is 5.42. The summed E-state index contributed by atoms with van der Waals surface area (Å²) in [5, 5.41) is 7.11. The van der Waals surface area contributed by atoms with Crippen LogP contribution in [0.3, 0.4) is 0 Å². The maximum Gasteiger partial charge on any atom is 0.226 e. The van der Waals surface area contributed by atoms with Crippen LogP contribution in [0.2, 0.25) is 0 Å². The van der Waals surface area contributed by atoms with Gasteiger partial charge in [0.2, 0.25) is 5.91 Å². The van der Waals surface area contributed by atoms with Crippen LogP contribution < -0.4 is 11.1 Å². The number of carbonyl (C=O) groups is 1. The van der Waals surface area contributed by atoms with Crippen LogP contribution in [-0.4, -0.2) is 20.7 Å². The number of carbonyl (C=O) groups excluding carboxylic acids is 1. The SMILES string of the molecule is Cc1nc(C)n(CCC(=O)Nc2ccc(N)cc2C)n1. The third-order valence-corrected chi connectivity index (χ3v) is 3.04. The number of nitrogens with zero attached hydrogens (tertiary/aromatic N) is 3. The zero-order valence-corrected chi connectivity index (χ0v) is 12.0. The van der Waals surface area contributed by atoms with Gasteiger partial charge in [-0.05, 0) is 44.5 Å². The highest BCUT2D eigenvalue weighted by Crippen LogP contribution is 2.17. The summed E-state index contributed by atoms with van der Waals surface area (Å²) < 4.78 is 1.74. The van der Waals surface area contributed by atoms with Gasteiger partial charge in [0.25, 0.3) is 0 Å². The Morgan fingerprint density at radius 2 is 2.10 bits per heavy atom. The Morgan fingerprint density at radius 1 is 1.35 bits per heavy atom. The number of rotatable bonds is 4. The van der Waals surface area contributed by atoms with Crippen molar-refractivity contribution in [3.05, 3.63) is 35.4 Å². The summed E-state index contributed by atoms with van der Waals surface area (Å²) in [5.74, 6) is 1.49. The topological polar surface area (TPSA) is 85.8 Å². The van der Waals surface area contributed by atoms with Crippen molar-refractivity contribution in [2.75, 3.05) is 11.1 Å². The standard InChI is InChI=1S/C14H19N5O/c1-9-8-12(15)4-5-13(9)17-14(20)6-7-19-11(3)16-10(2)18-19/h4-5,8H,6-7,15H2,1-3H3,(H,17,20). The van der Waals surface area contributed by atoms with E-state index in [1.807, 2.05) is 32.9 Å². The van der Waals surface area contributed by atoms with Gasteiger partial charge >= 0.3 is 0 Å². The van der Waals surface area contributed by atoms with Crippen molar-refractivity contribution in [3.8, 4) is 0 Å². The van der Waals surface area contributed by atoms with Crippen LogP contribution in [0.5, 0.6) is 0 Å². The van der Waals surface area contributed by atoms with Crippen molar-refractivity contribution >= 4 is 17.3 Å². The largest absolute Gasteiger partial charge is 0.399 e. The Balaban J connectivity index is 1.94. The molecule has 2 rings (SSSR count). The van der Waals surface area contributed by atoms with E-state index in [1.54, 1.807) is 10.7 Å². The van der Waals surface area contributed by atoms with E-state index in [4.69, 9.17) is 5.73 Å². The number of hydrogen-bond donors (Lipinski definition) is 2. The van der Waals surface area contributed by atoms with Crippen LogP contribution in [0.15, 0.2) is 18.2 Å². The van der Waals surface area contributed by atoms with E-state index >= 15 is 0 Å². The number of nitrogens with one attached hydrogen (secondary N) is 1. The summed E-state index contributed by atoms with van der Waals surface area (Å²) in [4.78, 5) is 16.1. The lowest BCUT2D eigenvalue weighted by molar-refractivity contribution is -0.116. The third kappa shape index (κ3) is 3.34. The second kappa shape index (κ2) is 5.73. The highest BCUT2D eigenvalue weighted by molar-refractivity contribution is 5.91. The molecule has 106 valence electrons. The second-order valence-electron chi connectivity index (χ2n) is 4.80. The summed E-state index contributed by atoms with van der Waals surface area (Å²) in [5.41, 5.74) is 8.11. The molecule has 0 saturated heterocycles. The number of nitrogen functional groups attached to an aromatic ring is 1. The first-order chi connectivity index (χ1) is 9.45. The molecule has 6 nitrogen and oxygen atoms in total. The molecule has 0 unspecified atom stereocenters. The Morgan fingerprint density at radius 3 is 2.70 bits per heavy atom. The predicted octanol–water partition coefficient (Wildman–Crippen LogP) is 1.81. The molecule has 0 bridgehead atoms. The molecule has 0 aliphatic heterocycles. The fourth-order valence-electron chi connectivity index (χ4n) is 2.02. The normalized spacial score (nSPS) is 10.6. The van der Waals surface area contributed by atoms with Gasteiger partial charge in [0.05, 0.1) is 6.54 Å². The van der Waals surface area contributed by atoms with E-state index in [0.717, 1.165) is 22.9 Å². The van der Waals surface area contributed by atoms with Crippen molar-refractivity contribution in [2.45, 2.75) is 33.7 Å². The minimum absolute atomic E-state index is 0.0505. The first kappa shape index (κ1) is 14.0. The molecule has 6 heteroatoms. The minimum Gasteiger partial charge on any atom is -0.399 e. The van der Waals surface area contributed by atoms with Gasteiger partial charge in [-0.1, -0.05) is 0 Å². The monoisotopic (exact) mass is 273 g/mol. The molecule has 3 N–H and O–H groups in total. The zero-order valence-electron chi connectivity index (χ0n) is 12.0. The lowest BCUT2D eigenvalue weighted by atomic mass is 10.2. The average Bonchev–Trinajstić information content (AvgIpc) is 2.69. The van der Waals surface area contributed by atoms with E-state index < -0.39 is 0 Å². The van der Waals surface area contributed by atoms with E-state index in [0.29, 0.717) is 18.7 Å². The number of nitrogens with two attached hydrogens (primary N) is 1. The van der Waals surface area contributed by atoms with Gasteiger partial charge in [0, 0.05) is 17.8 Å². The third-order valence-electron chi connectivity index (χ3n) is 3.04. The van der Waals surface area contributed by atoms with Crippen LogP contribution in [-0.2, 0) is 11.3 Å². The van der Waals surface area contributed by atoms with Gasteiger partial charge < -0.3 is 11.1 Å². The summed E-state index contributed by atoms with van der Waals surface area (Å²) in [6.45, 7) is 6.15. The van der Waals surface area contributed by atoms with Crippen LogP contribution in [0.25, 0.3) is 0 Å². The molecule has 0 atom stereocenters. The lowest BCUT2D eigenvalue weighted by Gasteiger charge is -2.09. The molecule has 1 aromatic heterocycles. The van der Waals surface area contributed by atoms with Gasteiger partial charge in [0.1, 0.15) is 11.6 Å². The molecule has 0 fully saturated rings. The van der Waals surface area contributed by atoms with Crippen molar-refractivity contribution in [1.29, 1.82) is 0 Å². The molecule has 2 aromatic rings. The molecule has 1 heterocycles. The van der Waals surface area contributed by atoms with Crippen LogP contribution >= 0.6 is 0 Å². The number of anilines is 2. The molecule has 1 aromatic carbocycles. The lowest BCUT2D eigenvalue weighted by Crippen LogP contribution is -2.16. The van der Waals surface area contributed by atoms with Gasteiger partial charge in [-0.15, -0.1) is 0 Å². The summed E-state index contributed by atoms with van der Waals surface area (Å²) in [6.07, 6.45) is 0.355. The number of aryl methyl sites for hydroxylation is 4. The van der Waals surface area contributed by atoms with Crippen LogP contribution in [0.4, 0.5) is 11.4 Å². The molecule has 0 aliphatic carbocycles. The van der Waals surface area contributed by atoms with E-state index in [2.05, 4.69) is 15.4 Å². The smallest absolute Gasteiger partial charge is 0.226 e. The van der Waals surface area contributed by atoms with Crippen molar-refractivity contribution in [3.63, 3.8) is 0 Å². The fourth-order valence-corrected chi connectivity index (χ4v) is 2.02. The molecule has 0 radical (unpaired) electrons. The molecule has 1 amide bonds. The van der Waals surface area contributed by atoms with Gasteiger partial charge in [-0.25, -0.2) is 9.67 Å². The highest BCUT2D eigenvalue weighted by Gasteiger charge is 2.08. The van der Waals surface area contributed by atoms with Crippen molar-refractivity contribution in [1.82, 2.24) is 14.8 Å². The highest BCUT2D eigenvalue weighted by atomic mass is 16.1. The molecular formula is C14H19N5O. The maximum atomic E-state index is 11.9. The van der Waals surface area contributed by atoms with E-state index in [-0.39, 0.29) is 5.91 Å². The van der Waals surface area contributed by atoms with Crippen LogP contribution in [0.1, 0.15) is 23.6 Å². The molecule has 0 aliphatic rings. The van der Waals surface area contributed by atoms with Gasteiger partial charge in [0.15, 0.2) is 0 Å². The quantitative estimate of drug-likeness (QED) is 0.832. The molecule has 20 heavy (non-hydrogen) atoms. The number of aromatic nitrogens is 3. The van der Waals surface area contributed by atoms with Crippen molar-refractivity contribution in [2.24, 2.45) is 0 Å². The van der Waals surface area contributed by atoms with Gasteiger partial charge in [-0.3, -0.25) is 4.79 Å². The fraction of sp³-hybridized carbons (Fsp3) is 0.357. The second-order valence-corrected chi connectivity index (χ2v) is 4.80.